The summed E-state index contributed by atoms with van der Waals surface area (Å²) in [6.45, 7) is 4.43. The van der Waals surface area contributed by atoms with Crippen molar-refractivity contribution in [3.63, 3.8) is 0 Å². The first kappa shape index (κ1) is 27.8. The van der Waals surface area contributed by atoms with Crippen LogP contribution in [0.2, 0.25) is 5.02 Å². The van der Waals surface area contributed by atoms with E-state index in [9.17, 15) is 14.4 Å². The van der Waals surface area contributed by atoms with Gasteiger partial charge in [-0.3, -0.25) is 14.2 Å². The fraction of sp³-hybridized carbons (Fsp3) is 0.467. The van der Waals surface area contributed by atoms with E-state index >= 15 is 0 Å². The average molecular weight is 538 g/mol. The van der Waals surface area contributed by atoms with Crippen molar-refractivity contribution in [3.05, 3.63) is 69.2 Å². The summed E-state index contributed by atoms with van der Waals surface area (Å²) in [6, 6.07) is 12.0. The minimum absolute atomic E-state index is 0.148. The summed E-state index contributed by atoms with van der Waals surface area (Å²) in [5.74, 6) is -0.406. The number of hydrogen-bond acceptors (Lipinski definition) is 5. The van der Waals surface area contributed by atoms with Crippen LogP contribution >= 0.6 is 11.6 Å². The highest BCUT2D eigenvalue weighted by Crippen LogP contribution is 2.33. The van der Waals surface area contributed by atoms with Crippen LogP contribution in [0, 0.1) is 6.92 Å². The Balaban J connectivity index is 1.53. The highest BCUT2D eigenvalue weighted by molar-refractivity contribution is 6.31. The van der Waals surface area contributed by atoms with Crippen LogP contribution in [0.4, 0.5) is 10.5 Å². The maximum absolute atomic E-state index is 13.5. The second-order valence-electron chi connectivity index (χ2n) is 9.99. The van der Waals surface area contributed by atoms with Crippen LogP contribution in [0.25, 0.3) is 10.9 Å². The van der Waals surface area contributed by atoms with Gasteiger partial charge in [0.2, 0.25) is 6.10 Å². The summed E-state index contributed by atoms with van der Waals surface area (Å²) >= 11 is 6.16. The molecule has 2 aromatic carbocycles. The number of imide groups is 1. The number of carbonyl (C=O) groups excluding carboxylic acids is 2. The van der Waals surface area contributed by atoms with Gasteiger partial charge in [-0.15, -0.1) is 0 Å². The van der Waals surface area contributed by atoms with Gasteiger partial charge in [-0.2, -0.15) is 0 Å². The number of halogens is 1. The van der Waals surface area contributed by atoms with Crippen LogP contribution in [0.15, 0.2) is 47.3 Å². The summed E-state index contributed by atoms with van der Waals surface area (Å²) in [5.41, 5.74) is 1.34. The summed E-state index contributed by atoms with van der Waals surface area (Å²) in [5, 5.41) is 0.810. The minimum atomic E-state index is -1.29. The minimum Gasteiger partial charge on any atom is -0.427 e. The lowest BCUT2D eigenvalue weighted by atomic mass is 10.1. The molecular weight excluding hydrogens is 502 g/mol. The number of rotatable bonds is 13. The van der Waals surface area contributed by atoms with E-state index in [0.29, 0.717) is 28.2 Å². The van der Waals surface area contributed by atoms with E-state index in [-0.39, 0.29) is 11.4 Å². The molecule has 1 aliphatic heterocycles. The molecule has 1 aromatic heterocycles. The molecule has 1 atom stereocenters. The SMILES string of the molecule is CCCCCCCCCCCCn1c(C2OC(=O)N(c3ccccc3C)C2=O)nc2ccc(Cl)cc2c1=O. The number of ether oxygens (including phenoxy) is 1. The number of carbonyl (C=O) groups is 2. The predicted octanol–water partition coefficient (Wildman–Crippen LogP) is 7.50. The lowest BCUT2D eigenvalue weighted by Gasteiger charge is -2.17. The van der Waals surface area contributed by atoms with Crippen molar-refractivity contribution in [1.82, 2.24) is 9.55 Å². The van der Waals surface area contributed by atoms with Gasteiger partial charge in [0, 0.05) is 11.6 Å². The molecule has 1 saturated heterocycles. The number of cyclic esters (lactones) is 1. The molecule has 1 aliphatic rings. The molecule has 7 nitrogen and oxygen atoms in total. The van der Waals surface area contributed by atoms with E-state index in [1.54, 1.807) is 30.3 Å². The number of amides is 2. The third kappa shape index (κ3) is 6.26. The van der Waals surface area contributed by atoms with E-state index in [2.05, 4.69) is 11.9 Å². The molecule has 2 heterocycles. The molecule has 2 amide bonds. The molecule has 8 heteroatoms. The van der Waals surface area contributed by atoms with Gasteiger partial charge in [0.05, 0.1) is 16.6 Å². The number of fused-ring (bicyclic) bond motifs is 1. The molecule has 202 valence electrons. The van der Waals surface area contributed by atoms with Crippen LogP contribution in [0.3, 0.4) is 0 Å². The highest BCUT2D eigenvalue weighted by atomic mass is 35.5. The first-order valence-electron chi connectivity index (χ1n) is 13.7. The second kappa shape index (κ2) is 13.1. The van der Waals surface area contributed by atoms with Crippen LogP contribution < -0.4 is 10.5 Å². The van der Waals surface area contributed by atoms with E-state index in [4.69, 9.17) is 16.3 Å². The van der Waals surface area contributed by atoms with Crippen molar-refractivity contribution in [2.24, 2.45) is 0 Å². The first-order valence-corrected chi connectivity index (χ1v) is 14.1. The Morgan fingerprint density at radius 2 is 1.55 bits per heavy atom. The molecule has 0 saturated carbocycles. The Hall–Kier alpha value is -3.19. The van der Waals surface area contributed by atoms with Crippen LogP contribution in [0.5, 0.6) is 0 Å². The Morgan fingerprint density at radius 3 is 2.24 bits per heavy atom. The smallest absolute Gasteiger partial charge is 0.422 e. The first-order chi connectivity index (χ1) is 18.4. The number of hydrogen-bond donors (Lipinski definition) is 0. The predicted molar refractivity (Wildman–Crippen MR) is 151 cm³/mol. The van der Waals surface area contributed by atoms with E-state index in [0.717, 1.165) is 29.7 Å². The van der Waals surface area contributed by atoms with Gasteiger partial charge in [-0.25, -0.2) is 14.7 Å². The summed E-state index contributed by atoms with van der Waals surface area (Å²) in [4.78, 5) is 45.5. The molecule has 3 aromatic rings. The third-order valence-corrected chi connectivity index (χ3v) is 7.35. The number of aryl methyl sites for hydroxylation is 1. The van der Waals surface area contributed by atoms with Gasteiger partial charge in [-0.05, 0) is 43.2 Å². The van der Waals surface area contributed by atoms with Crippen molar-refractivity contribution >= 4 is 40.2 Å². The van der Waals surface area contributed by atoms with Gasteiger partial charge < -0.3 is 4.74 Å². The lowest BCUT2D eigenvalue weighted by Crippen LogP contribution is -2.33. The molecule has 0 bridgehead atoms. The fourth-order valence-corrected chi connectivity index (χ4v) is 5.16. The van der Waals surface area contributed by atoms with Crippen molar-refractivity contribution in [2.75, 3.05) is 4.90 Å². The lowest BCUT2D eigenvalue weighted by molar-refractivity contribution is -0.122. The molecule has 0 spiro atoms. The van der Waals surface area contributed by atoms with Crippen molar-refractivity contribution in [3.8, 4) is 0 Å². The zero-order chi connectivity index (χ0) is 27.1. The highest BCUT2D eigenvalue weighted by Gasteiger charge is 2.45. The molecule has 4 rings (SSSR count). The Morgan fingerprint density at radius 1 is 0.895 bits per heavy atom. The number of anilines is 1. The summed E-state index contributed by atoms with van der Waals surface area (Å²) in [7, 11) is 0. The fourth-order valence-electron chi connectivity index (χ4n) is 4.99. The monoisotopic (exact) mass is 537 g/mol. The van der Waals surface area contributed by atoms with Crippen molar-refractivity contribution in [2.45, 2.75) is 90.7 Å². The van der Waals surface area contributed by atoms with E-state index in [1.165, 1.54) is 49.5 Å². The molecule has 1 unspecified atom stereocenters. The van der Waals surface area contributed by atoms with Crippen LogP contribution in [-0.4, -0.2) is 21.6 Å². The van der Waals surface area contributed by atoms with E-state index < -0.39 is 18.1 Å². The van der Waals surface area contributed by atoms with Gasteiger partial charge in [-0.1, -0.05) is 94.5 Å². The average Bonchev–Trinajstić information content (AvgIpc) is 3.20. The molecule has 0 radical (unpaired) electrons. The molecule has 0 aliphatic carbocycles. The zero-order valence-electron chi connectivity index (χ0n) is 22.2. The summed E-state index contributed by atoms with van der Waals surface area (Å²) in [6.07, 6.45) is 9.58. The quantitative estimate of drug-likeness (QED) is 0.211. The van der Waals surface area contributed by atoms with Crippen LogP contribution in [-0.2, 0) is 16.1 Å². The van der Waals surface area contributed by atoms with Gasteiger partial charge in [0.15, 0.2) is 5.82 Å². The number of unbranched alkanes of at least 4 members (excludes halogenated alkanes) is 9. The number of nitrogens with zero attached hydrogens (tertiary/aromatic N) is 3. The van der Waals surface area contributed by atoms with Crippen LogP contribution in [0.1, 0.15) is 88.6 Å². The standard InChI is InChI=1S/C30H36ClN3O4/c1-3-4-5-6-7-8-9-10-11-14-19-33-27(32-24-18-17-22(31)20-23(24)28(33)35)26-29(36)34(30(37)38-26)25-16-13-12-15-21(25)2/h12-13,15-18,20,26H,3-11,14,19H2,1-2H3. The normalized spacial score (nSPS) is 15.4. The van der Waals surface area contributed by atoms with Gasteiger partial charge in [0.1, 0.15) is 0 Å². The zero-order valence-corrected chi connectivity index (χ0v) is 23.0. The Kier molecular flexibility index (Phi) is 9.56. The topological polar surface area (TPSA) is 81.5 Å². The second-order valence-corrected chi connectivity index (χ2v) is 10.4. The maximum Gasteiger partial charge on any atom is 0.422 e. The molecule has 0 N–H and O–H groups in total. The Bertz CT molecular complexity index is 1350. The van der Waals surface area contributed by atoms with Gasteiger partial charge >= 0.3 is 6.09 Å². The Labute approximate surface area is 228 Å². The van der Waals surface area contributed by atoms with Crippen molar-refractivity contribution in [1.29, 1.82) is 0 Å². The summed E-state index contributed by atoms with van der Waals surface area (Å²) < 4.78 is 7.03. The largest absolute Gasteiger partial charge is 0.427 e. The van der Waals surface area contributed by atoms with E-state index in [1.807, 2.05) is 19.1 Å². The maximum atomic E-state index is 13.5. The molecule has 1 fully saturated rings. The van der Waals surface area contributed by atoms with Gasteiger partial charge in [0.25, 0.3) is 11.5 Å². The molecular formula is C30H36ClN3O4. The molecule has 38 heavy (non-hydrogen) atoms. The number of aromatic nitrogens is 2. The number of para-hydroxylation sites is 1. The van der Waals surface area contributed by atoms with Crippen molar-refractivity contribution < 1.29 is 14.3 Å². The number of benzene rings is 2. The third-order valence-electron chi connectivity index (χ3n) is 7.12.